The van der Waals surface area contributed by atoms with Crippen molar-refractivity contribution >= 4 is 11.9 Å². The van der Waals surface area contributed by atoms with Crippen LogP contribution < -0.4 is 0 Å². The number of alkyl halides is 1. The van der Waals surface area contributed by atoms with E-state index in [2.05, 4.69) is 4.98 Å². The van der Waals surface area contributed by atoms with Gasteiger partial charge in [-0.25, -0.2) is 9.18 Å². The number of aryl methyl sites for hydroxylation is 1. The van der Waals surface area contributed by atoms with Gasteiger partial charge >= 0.3 is 5.97 Å². The fourth-order valence-electron chi connectivity index (χ4n) is 2.97. The second-order valence-corrected chi connectivity index (χ2v) is 6.79. The molecule has 1 aromatic heterocycles. The second-order valence-electron chi connectivity index (χ2n) is 6.79. The summed E-state index contributed by atoms with van der Waals surface area (Å²) >= 11 is 0. The maximum absolute atomic E-state index is 14.7. The minimum absolute atomic E-state index is 0.0543. The highest BCUT2D eigenvalue weighted by molar-refractivity contribution is 5.91. The molecule has 5 nitrogen and oxygen atoms in total. The lowest BCUT2D eigenvalue weighted by molar-refractivity contribution is 0.0142. The fraction of sp³-hybridized carbons (Fsp3) is 0.174. The minimum Gasteiger partial charge on any atom is -0.478 e. The predicted molar refractivity (Wildman–Crippen MR) is 107 cm³/mol. The molecule has 2 aromatic carbocycles. The van der Waals surface area contributed by atoms with E-state index in [1.54, 1.807) is 42.5 Å². The molecule has 0 radical (unpaired) electrons. The smallest absolute Gasteiger partial charge is 0.335 e. The number of carbonyl (C=O) groups excluding carboxylic acids is 1. The second kappa shape index (κ2) is 9.73. The summed E-state index contributed by atoms with van der Waals surface area (Å²) in [5.74, 6) is -1.95. The summed E-state index contributed by atoms with van der Waals surface area (Å²) < 4.78 is 28.9. The van der Waals surface area contributed by atoms with E-state index in [-0.39, 0.29) is 34.9 Å². The van der Waals surface area contributed by atoms with Gasteiger partial charge in [-0.05, 0) is 53.8 Å². The summed E-state index contributed by atoms with van der Waals surface area (Å²) in [4.78, 5) is 27.1. The highest BCUT2D eigenvalue weighted by Gasteiger charge is 2.19. The fourth-order valence-corrected chi connectivity index (χ4v) is 2.97. The van der Waals surface area contributed by atoms with Crippen LogP contribution in [0.5, 0.6) is 0 Å². The number of rotatable bonds is 8. The van der Waals surface area contributed by atoms with E-state index < -0.39 is 18.0 Å². The molecular weight excluding hydrogens is 390 g/mol. The third-order valence-electron chi connectivity index (χ3n) is 4.64. The maximum atomic E-state index is 14.7. The van der Waals surface area contributed by atoms with Crippen LogP contribution in [0.25, 0.3) is 0 Å². The number of hydrogen-bond acceptors (Lipinski definition) is 3. The zero-order chi connectivity index (χ0) is 21.5. The number of carbonyl (C=O) groups is 2. The maximum Gasteiger partial charge on any atom is 0.335 e. The van der Waals surface area contributed by atoms with Crippen molar-refractivity contribution in [1.29, 1.82) is 0 Å². The van der Waals surface area contributed by atoms with Crippen LogP contribution in [-0.2, 0) is 13.0 Å². The third-order valence-corrected chi connectivity index (χ3v) is 4.64. The van der Waals surface area contributed by atoms with Crippen molar-refractivity contribution in [2.45, 2.75) is 25.6 Å². The summed E-state index contributed by atoms with van der Waals surface area (Å²) in [5, 5.41) is 8.97. The molecule has 0 fully saturated rings. The van der Waals surface area contributed by atoms with E-state index in [9.17, 15) is 18.5 Å². The Bertz CT molecular complexity index is 1010. The van der Waals surface area contributed by atoms with Crippen LogP contribution in [0, 0.1) is 0 Å². The van der Waals surface area contributed by atoms with Crippen molar-refractivity contribution in [3.05, 3.63) is 101 Å². The Morgan fingerprint density at radius 1 is 1.00 bits per heavy atom. The molecule has 0 saturated carbocycles. The van der Waals surface area contributed by atoms with Gasteiger partial charge in [-0.15, -0.1) is 0 Å². The number of aromatic carboxylic acids is 1. The molecule has 1 unspecified atom stereocenters. The van der Waals surface area contributed by atoms with Crippen molar-refractivity contribution in [3.63, 3.8) is 0 Å². The number of aromatic nitrogens is 1. The Balaban J connectivity index is 1.62. The molecule has 0 aliphatic carbocycles. The molecule has 0 aliphatic heterocycles. The molecular formula is C23H20F2N2O3. The topological polar surface area (TPSA) is 70.5 Å². The molecule has 0 bridgehead atoms. The van der Waals surface area contributed by atoms with Crippen molar-refractivity contribution in [2.75, 3.05) is 0 Å². The SMILES string of the molecule is O=C(O)c1ccc(CCC(F)c2ccnc(C(=O)N(F)Cc3ccccc3)c2)cc1. The highest BCUT2D eigenvalue weighted by Crippen LogP contribution is 2.24. The number of carboxylic acid groups (broad SMARTS) is 1. The lowest BCUT2D eigenvalue weighted by Crippen LogP contribution is -2.23. The molecule has 0 saturated heterocycles. The van der Waals surface area contributed by atoms with E-state index in [0.29, 0.717) is 12.0 Å². The number of hydrogen-bond donors (Lipinski definition) is 1. The first-order chi connectivity index (χ1) is 14.4. The number of halogens is 2. The molecule has 0 spiro atoms. The van der Waals surface area contributed by atoms with Gasteiger partial charge in [0.05, 0.1) is 12.1 Å². The summed E-state index contributed by atoms with van der Waals surface area (Å²) in [6.45, 7) is -0.225. The number of carboxylic acids is 1. The van der Waals surface area contributed by atoms with Crippen LogP contribution >= 0.6 is 0 Å². The molecule has 0 aliphatic rings. The zero-order valence-corrected chi connectivity index (χ0v) is 16.0. The number of nitrogens with zero attached hydrogens (tertiary/aromatic N) is 2. The van der Waals surface area contributed by atoms with Crippen molar-refractivity contribution < 1.29 is 23.6 Å². The van der Waals surface area contributed by atoms with Crippen LogP contribution in [0.3, 0.4) is 0 Å². The molecule has 1 heterocycles. The lowest BCUT2D eigenvalue weighted by atomic mass is 10.0. The van der Waals surface area contributed by atoms with Crippen LogP contribution in [0.2, 0.25) is 0 Å². The van der Waals surface area contributed by atoms with E-state index in [1.807, 2.05) is 0 Å². The first-order valence-corrected chi connectivity index (χ1v) is 9.38. The van der Waals surface area contributed by atoms with Gasteiger partial charge in [0.1, 0.15) is 11.9 Å². The van der Waals surface area contributed by atoms with Crippen LogP contribution in [0.1, 0.15) is 50.1 Å². The first kappa shape index (κ1) is 21.1. The highest BCUT2D eigenvalue weighted by atomic mass is 19.2. The molecule has 1 atom stereocenters. The van der Waals surface area contributed by atoms with Crippen LogP contribution in [0.15, 0.2) is 72.9 Å². The third kappa shape index (κ3) is 5.47. The van der Waals surface area contributed by atoms with Gasteiger partial charge in [0.25, 0.3) is 5.91 Å². The minimum atomic E-state index is -1.37. The molecule has 30 heavy (non-hydrogen) atoms. The van der Waals surface area contributed by atoms with Crippen LogP contribution in [-0.4, -0.2) is 27.1 Å². The van der Waals surface area contributed by atoms with E-state index in [4.69, 9.17) is 5.11 Å². The Hall–Kier alpha value is -3.61. The van der Waals surface area contributed by atoms with Crippen LogP contribution in [0.4, 0.5) is 8.87 Å². The predicted octanol–water partition coefficient (Wildman–Crippen LogP) is 4.95. The van der Waals surface area contributed by atoms with Gasteiger partial charge in [-0.2, -0.15) is 5.12 Å². The van der Waals surface area contributed by atoms with Crippen molar-refractivity contribution in [2.24, 2.45) is 0 Å². The average molecular weight is 410 g/mol. The standard InChI is InChI=1S/C23H20F2N2O3/c24-20(11-8-16-6-9-18(10-7-16)23(29)30)19-12-13-26-21(14-19)22(28)27(25)15-17-4-2-1-3-5-17/h1-7,9-10,12-14,20H,8,11,15H2,(H,29,30). The van der Waals surface area contributed by atoms with E-state index in [1.165, 1.54) is 30.5 Å². The van der Waals surface area contributed by atoms with Gasteiger partial charge in [0, 0.05) is 6.20 Å². The summed E-state index contributed by atoms with van der Waals surface area (Å²) in [7, 11) is 0. The van der Waals surface area contributed by atoms with Crippen molar-refractivity contribution in [1.82, 2.24) is 10.1 Å². The average Bonchev–Trinajstić information content (AvgIpc) is 2.78. The van der Waals surface area contributed by atoms with E-state index >= 15 is 0 Å². The molecule has 1 amide bonds. The number of benzene rings is 2. The number of pyridine rings is 1. The normalized spacial score (nSPS) is 11.7. The molecule has 7 heteroatoms. The Labute approximate surface area is 172 Å². The zero-order valence-electron chi connectivity index (χ0n) is 16.0. The summed E-state index contributed by atoms with van der Waals surface area (Å²) in [5.41, 5.74) is 1.66. The molecule has 3 aromatic rings. The van der Waals surface area contributed by atoms with Gasteiger partial charge in [-0.3, -0.25) is 9.78 Å². The molecule has 1 N–H and O–H groups in total. The monoisotopic (exact) mass is 410 g/mol. The molecule has 154 valence electrons. The Morgan fingerprint density at radius 2 is 1.70 bits per heavy atom. The van der Waals surface area contributed by atoms with E-state index in [0.717, 1.165) is 5.56 Å². The molecule has 3 rings (SSSR count). The van der Waals surface area contributed by atoms with Gasteiger partial charge < -0.3 is 5.11 Å². The summed E-state index contributed by atoms with van der Waals surface area (Å²) in [6, 6.07) is 17.6. The lowest BCUT2D eigenvalue weighted by Gasteiger charge is -2.13. The van der Waals surface area contributed by atoms with Gasteiger partial charge in [0.2, 0.25) is 0 Å². The van der Waals surface area contributed by atoms with Gasteiger partial charge in [0.15, 0.2) is 0 Å². The summed E-state index contributed by atoms with van der Waals surface area (Å²) in [6.07, 6.45) is 0.428. The van der Waals surface area contributed by atoms with Crippen molar-refractivity contribution in [3.8, 4) is 0 Å². The largest absolute Gasteiger partial charge is 0.478 e. The Kier molecular flexibility index (Phi) is 6.85. The van der Waals surface area contributed by atoms with Gasteiger partial charge in [-0.1, -0.05) is 46.9 Å². The number of amides is 1. The first-order valence-electron chi connectivity index (χ1n) is 9.38. The quantitative estimate of drug-likeness (QED) is 0.534. The Morgan fingerprint density at radius 3 is 2.37 bits per heavy atom.